The maximum Gasteiger partial charge on any atom is 0.126 e. The second kappa shape index (κ2) is 3.29. The fourth-order valence-electron chi connectivity index (χ4n) is 0.263. The number of nitroso groups, excluding NO2 is 1. The van der Waals surface area contributed by atoms with Gasteiger partial charge in [0.25, 0.3) is 0 Å². The van der Waals surface area contributed by atoms with Crippen molar-refractivity contribution < 1.29 is 0 Å². The minimum atomic E-state index is -0.264. The van der Waals surface area contributed by atoms with Crippen molar-refractivity contribution in [1.82, 2.24) is 0 Å². The van der Waals surface area contributed by atoms with Gasteiger partial charge in [0.05, 0.1) is 0 Å². The molecule has 0 aromatic carbocycles. The summed E-state index contributed by atoms with van der Waals surface area (Å²) in [6.45, 7) is 3.50. The summed E-state index contributed by atoms with van der Waals surface area (Å²) in [6.07, 6.45) is 0. The monoisotopic (exact) mass is 114 g/mol. The van der Waals surface area contributed by atoms with E-state index < -0.39 is 0 Å². The van der Waals surface area contributed by atoms with Crippen molar-refractivity contribution in [2.75, 3.05) is 7.05 Å². The van der Waals surface area contributed by atoms with Gasteiger partial charge in [-0.2, -0.15) is 4.91 Å². The summed E-state index contributed by atoms with van der Waals surface area (Å²) in [5.41, 5.74) is 0.778. The fraction of sp³-hybridized carbons (Fsp3) is 0.800. The van der Waals surface area contributed by atoms with Gasteiger partial charge < -0.3 is 0 Å². The van der Waals surface area contributed by atoms with Gasteiger partial charge in [0.15, 0.2) is 0 Å². The SMILES string of the molecule is CN=C(C)C(C)N=O. The first-order valence-corrected chi connectivity index (χ1v) is 2.48. The van der Waals surface area contributed by atoms with Crippen molar-refractivity contribution in [1.29, 1.82) is 0 Å². The minimum Gasteiger partial charge on any atom is -0.295 e. The Morgan fingerprint density at radius 3 is 2.25 bits per heavy atom. The van der Waals surface area contributed by atoms with E-state index in [1.807, 2.05) is 0 Å². The predicted octanol–water partition coefficient (Wildman–Crippen LogP) is 1.23. The third-order valence-corrected chi connectivity index (χ3v) is 1.12. The molecule has 0 heterocycles. The van der Waals surface area contributed by atoms with Gasteiger partial charge in [0.2, 0.25) is 0 Å². The Morgan fingerprint density at radius 2 is 2.12 bits per heavy atom. The third kappa shape index (κ3) is 1.82. The van der Waals surface area contributed by atoms with Crippen LogP contribution in [0, 0.1) is 4.91 Å². The van der Waals surface area contributed by atoms with Crippen LogP contribution in [0.3, 0.4) is 0 Å². The van der Waals surface area contributed by atoms with E-state index in [0.29, 0.717) is 0 Å². The Bertz CT molecular complexity index is 109. The van der Waals surface area contributed by atoms with E-state index in [9.17, 15) is 4.91 Å². The molecule has 46 valence electrons. The molecule has 0 aliphatic heterocycles. The van der Waals surface area contributed by atoms with Gasteiger partial charge in [-0.3, -0.25) is 4.99 Å². The highest BCUT2D eigenvalue weighted by molar-refractivity contribution is 5.86. The molecular weight excluding hydrogens is 104 g/mol. The maximum atomic E-state index is 9.77. The molecule has 0 aromatic rings. The van der Waals surface area contributed by atoms with E-state index in [2.05, 4.69) is 10.2 Å². The molecule has 0 saturated heterocycles. The van der Waals surface area contributed by atoms with Crippen LogP contribution in [-0.4, -0.2) is 18.8 Å². The van der Waals surface area contributed by atoms with Crippen LogP contribution in [0.2, 0.25) is 0 Å². The van der Waals surface area contributed by atoms with Crippen LogP contribution in [0.5, 0.6) is 0 Å². The molecule has 8 heavy (non-hydrogen) atoms. The Hall–Kier alpha value is -0.730. The van der Waals surface area contributed by atoms with Gasteiger partial charge in [-0.15, -0.1) is 0 Å². The van der Waals surface area contributed by atoms with Gasteiger partial charge >= 0.3 is 0 Å². The van der Waals surface area contributed by atoms with E-state index in [0.717, 1.165) is 5.71 Å². The number of hydrogen-bond acceptors (Lipinski definition) is 3. The number of aliphatic imine (C=N–C) groups is 1. The summed E-state index contributed by atoms with van der Waals surface area (Å²) in [5, 5.41) is 2.78. The average molecular weight is 114 g/mol. The standard InChI is InChI=1S/C5H10N2O/c1-4(6-3)5(2)7-8/h5H,1-3H3. The quantitative estimate of drug-likeness (QED) is 0.393. The fourth-order valence-corrected chi connectivity index (χ4v) is 0.263. The molecule has 1 atom stereocenters. The molecule has 0 aliphatic rings. The molecule has 0 saturated carbocycles. The lowest BCUT2D eigenvalue weighted by Gasteiger charge is -1.96. The number of rotatable bonds is 2. The lowest BCUT2D eigenvalue weighted by atomic mass is 10.2. The molecule has 0 aromatic heterocycles. The van der Waals surface area contributed by atoms with Crippen LogP contribution < -0.4 is 0 Å². The molecular formula is C5H10N2O. The van der Waals surface area contributed by atoms with Crippen LogP contribution in [0.15, 0.2) is 10.2 Å². The number of nitrogens with zero attached hydrogens (tertiary/aromatic N) is 2. The second-order valence-corrected chi connectivity index (χ2v) is 1.65. The zero-order valence-electron chi connectivity index (χ0n) is 5.38. The smallest absolute Gasteiger partial charge is 0.126 e. The van der Waals surface area contributed by atoms with Gasteiger partial charge in [-0.05, 0) is 13.8 Å². The van der Waals surface area contributed by atoms with Crippen molar-refractivity contribution in [3.05, 3.63) is 4.91 Å². The van der Waals surface area contributed by atoms with E-state index in [-0.39, 0.29) is 6.04 Å². The Morgan fingerprint density at radius 1 is 1.62 bits per heavy atom. The molecule has 0 radical (unpaired) electrons. The summed E-state index contributed by atoms with van der Waals surface area (Å²) in [6, 6.07) is -0.264. The number of hydrogen-bond donors (Lipinski definition) is 0. The molecule has 1 unspecified atom stereocenters. The van der Waals surface area contributed by atoms with Gasteiger partial charge in [0.1, 0.15) is 6.04 Å². The highest BCUT2D eigenvalue weighted by Crippen LogP contribution is 1.90. The zero-order chi connectivity index (χ0) is 6.57. The lowest BCUT2D eigenvalue weighted by molar-refractivity contribution is 0.952. The van der Waals surface area contributed by atoms with Crippen LogP contribution in [0.25, 0.3) is 0 Å². The van der Waals surface area contributed by atoms with Crippen LogP contribution in [0.4, 0.5) is 0 Å². The Labute approximate surface area is 48.8 Å². The van der Waals surface area contributed by atoms with Gasteiger partial charge in [-0.25, -0.2) is 0 Å². The average Bonchev–Trinajstić information content (AvgIpc) is 1.84. The normalized spacial score (nSPS) is 15.6. The molecule has 0 amide bonds. The largest absolute Gasteiger partial charge is 0.295 e. The molecule has 3 nitrogen and oxygen atoms in total. The first-order valence-electron chi connectivity index (χ1n) is 2.48. The zero-order valence-corrected chi connectivity index (χ0v) is 5.38. The van der Waals surface area contributed by atoms with Crippen LogP contribution in [-0.2, 0) is 0 Å². The summed E-state index contributed by atoms with van der Waals surface area (Å²) < 4.78 is 0. The third-order valence-electron chi connectivity index (χ3n) is 1.12. The van der Waals surface area contributed by atoms with Crippen LogP contribution in [0.1, 0.15) is 13.8 Å². The second-order valence-electron chi connectivity index (χ2n) is 1.65. The molecule has 0 spiro atoms. The predicted molar refractivity (Wildman–Crippen MR) is 34.3 cm³/mol. The molecule has 3 heteroatoms. The summed E-state index contributed by atoms with van der Waals surface area (Å²) in [7, 11) is 1.65. The van der Waals surface area contributed by atoms with Crippen molar-refractivity contribution >= 4 is 5.71 Å². The van der Waals surface area contributed by atoms with Crippen molar-refractivity contribution in [2.45, 2.75) is 19.9 Å². The molecule has 0 aliphatic carbocycles. The lowest BCUT2D eigenvalue weighted by Crippen LogP contribution is -2.08. The topological polar surface area (TPSA) is 41.8 Å². The first-order chi connectivity index (χ1) is 3.72. The maximum absolute atomic E-state index is 9.77. The molecule has 0 N–H and O–H groups in total. The molecule has 0 bridgehead atoms. The van der Waals surface area contributed by atoms with E-state index in [4.69, 9.17) is 0 Å². The Balaban J connectivity index is 3.81. The highest BCUT2D eigenvalue weighted by Gasteiger charge is 2.01. The molecule has 0 fully saturated rings. The molecule has 0 rings (SSSR count). The van der Waals surface area contributed by atoms with Gasteiger partial charge in [0, 0.05) is 12.8 Å². The van der Waals surface area contributed by atoms with E-state index in [1.165, 1.54) is 0 Å². The summed E-state index contributed by atoms with van der Waals surface area (Å²) in [4.78, 5) is 13.6. The summed E-state index contributed by atoms with van der Waals surface area (Å²) in [5.74, 6) is 0. The van der Waals surface area contributed by atoms with Gasteiger partial charge in [-0.1, -0.05) is 5.18 Å². The minimum absolute atomic E-state index is 0.264. The van der Waals surface area contributed by atoms with E-state index >= 15 is 0 Å². The summed E-state index contributed by atoms with van der Waals surface area (Å²) >= 11 is 0. The van der Waals surface area contributed by atoms with Crippen molar-refractivity contribution in [3.63, 3.8) is 0 Å². The first kappa shape index (κ1) is 7.27. The van der Waals surface area contributed by atoms with Crippen molar-refractivity contribution in [2.24, 2.45) is 10.2 Å². The highest BCUT2D eigenvalue weighted by atomic mass is 16.3. The van der Waals surface area contributed by atoms with Crippen molar-refractivity contribution in [3.8, 4) is 0 Å². The van der Waals surface area contributed by atoms with Crippen LogP contribution >= 0.6 is 0 Å². The van der Waals surface area contributed by atoms with E-state index in [1.54, 1.807) is 20.9 Å². The Kier molecular flexibility index (Phi) is 2.99.